The van der Waals surface area contributed by atoms with Crippen molar-refractivity contribution < 1.29 is 10.2 Å². The molecule has 0 amide bonds. The molecule has 2 rings (SSSR count). The first kappa shape index (κ1) is 15.5. The second kappa shape index (κ2) is 7.77. The number of benzene rings is 1. The zero-order valence-corrected chi connectivity index (χ0v) is 12.4. The standard InChI is InChI=1S/C17H27NO2/c1-13(15-8-5-6-14(10-15)11-19)18-17-9-4-2-3-7-16(17)12-20/h5-6,8,10,13,16-20H,2-4,7,9,11-12H2,1H3/t13-,16-,17-/m0/s1. The van der Waals surface area contributed by atoms with Crippen LogP contribution in [0.4, 0.5) is 0 Å². The summed E-state index contributed by atoms with van der Waals surface area (Å²) in [7, 11) is 0. The minimum atomic E-state index is 0.0866. The van der Waals surface area contributed by atoms with E-state index in [1.807, 2.05) is 12.1 Å². The molecule has 3 atom stereocenters. The number of hydrogen-bond donors (Lipinski definition) is 3. The lowest BCUT2D eigenvalue weighted by molar-refractivity contribution is 0.176. The molecule has 1 saturated carbocycles. The Morgan fingerprint density at radius 3 is 2.75 bits per heavy atom. The Morgan fingerprint density at radius 1 is 1.20 bits per heavy atom. The number of aliphatic hydroxyl groups is 2. The molecule has 112 valence electrons. The van der Waals surface area contributed by atoms with Crippen molar-refractivity contribution in [1.29, 1.82) is 0 Å². The molecule has 0 saturated heterocycles. The van der Waals surface area contributed by atoms with Crippen LogP contribution in [0.25, 0.3) is 0 Å². The summed E-state index contributed by atoms with van der Waals surface area (Å²) in [5.41, 5.74) is 2.16. The van der Waals surface area contributed by atoms with Gasteiger partial charge in [-0.05, 0) is 36.8 Å². The van der Waals surface area contributed by atoms with Gasteiger partial charge in [-0.25, -0.2) is 0 Å². The smallest absolute Gasteiger partial charge is 0.0681 e. The summed E-state index contributed by atoms with van der Waals surface area (Å²) in [6, 6.07) is 8.74. The minimum absolute atomic E-state index is 0.0866. The highest BCUT2D eigenvalue weighted by Crippen LogP contribution is 2.26. The van der Waals surface area contributed by atoms with E-state index in [9.17, 15) is 10.2 Å². The maximum atomic E-state index is 9.58. The summed E-state index contributed by atoms with van der Waals surface area (Å²) >= 11 is 0. The van der Waals surface area contributed by atoms with Gasteiger partial charge in [-0.15, -0.1) is 0 Å². The average molecular weight is 277 g/mol. The van der Waals surface area contributed by atoms with Crippen LogP contribution in [0.15, 0.2) is 24.3 Å². The van der Waals surface area contributed by atoms with Crippen LogP contribution in [-0.2, 0) is 6.61 Å². The first-order valence-electron chi connectivity index (χ1n) is 7.81. The van der Waals surface area contributed by atoms with Gasteiger partial charge in [-0.3, -0.25) is 0 Å². The Bertz CT molecular complexity index is 408. The third kappa shape index (κ3) is 4.05. The van der Waals surface area contributed by atoms with Crippen LogP contribution in [0, 0.1) is 5.92 Å². The minimum Gasteiger partial charge on any atom is -0.396 e. The maximum absolute atomic E-state index is 9.58. The number of hydrogen-bond acceptors (Lipinski definition) is 3. The summed E-state index contributed by atoms with van der Waals surface area (Å²) < 4.78 is 0. The first-order valence-corrected chi connectivity index (χ1v) is 7.81. The van der Waals surface area contributed by atoms with E-state index < -0.39 is 0 Å². The monoisotopic (exact) mass is 277 g/mol. The zero-order valence-electron chi connectivity index (χ0n) is 12.4. The van der Waals surface area contributed by atoms with Crippen LogP contribution in [0.5, 0.6) is 0 Å². The number of aliphatic hydroxyl groups excluding tert-OH is 2. The van der Waals surface area contributed by atoms with Crippen LogP contribution in [0.3, 0.4) is 0 Å². The Labute approximate surface area is 122 Å². The van der Waals surface area contributed by atoms with E-state index in [0.717, 1.165) is 18.4 Å². The number of nitrogens with one attached hydrogen (secondary N) is 1. The van der Waals surface area contributed by atoms with E-state index in [1.165, 1.54) is 24.8 Å². The predicted molar refractivity (Wildman–Crippen MR) is 81.4 cm³/mol. The molecule has 3 nitrogen and oxygen atoms in total. The van der Waals surface area contributed by atoms with Crippen LogP contribution in [0.1, 0.15) is 56.2 Å². The third-order valence-corrected chi connectivity index (χ3v) is 4.49. The lowest BCUT2D eigenvalue weighted by Crippen LogP contribution is -2.38. The van der Waals surface area contributed by atoms with Crippen molar-refractivity contribution in [3.63, 3.8) is 0 Å². The highest BCUT2D eigenvalue weighted by atomic mass is 16.3. The fraction of sp³-hybridized carbons (Fsp3) is 0.647. The second-order valence-corrected chi connectivity index (χ2v) is 5.98. The molecule has 20 heavy (non-hydrogen) atoms. The fourth-order valence-corrected chi connectivity index (χ4v) is 3.20. The molecular formula is C17H27NO2. The molecule has 0 unspecified atom stereocenters. The van der Waals surface area contributed by atoms with Gasteiger partial charge in [0.1, 0.15) is 0 Å². The quantitative estimate of drug-likeness (QED) is 0.725. The van der Waals surface area contributed by atoms with Crippen molar-refractivity contribution in [2.45, 2.75) is 57.7 Å². The Hall–Kier alpha value is -0.900. The Balaban J connectivity index is 2.02. The third-order valence-electron chi connectivity index (χ3n) is 4.49. The SMILES string of the molecule is C[C@H](N[C@H]1CCCCC[C@H]1CO)c1cccc(CO)c1. The van der Waals surface area contributed by atoms with Crippen molar-refractivity contribution >= 4 is 0 Å². The zero-order chi connectivity index (χ0) is 14.4. The van der Waals surface area contributed by atoms with Crippen molar-refractivity contribution in [3.05, 3.63) is 35.4 Å². The molecule has 1 aliphatic carbocycles. The molecular weight excluding hydrogens is 250 g/mol. The van der Waals surface area contributed by atoms with E-state index in [0.29, 0.717) is 12.0 Å². The van der Waals surface area contributed by atoms with Crippen LogP contribution >= 0.6 is 0 Å². The van der Waals surface area contributed by atoms with Crippen molar-refractivity contribution in [2.24, 2.45) is 5.92 Å². The molecule has 0 bridgehead atoms. The summed E-state index contributed by atoms with van der Waals surface area (Å²) in [5, 5.41) is 22.5. The van der Waals surface area contributed by atoms with Crippen LogP contribution in [-0.4, -0.2) is 22.9 Å². The first-order chi connectivity index (χ1) is 9.74. The maximum Gasteiger partial charge on any atom is 0.0681 e. The van der Waals surface area contributed by atoms with Gasteiger partial charge in [0.05, 0.1) is 6.61 Å². The van der Waals surface area contributed by atoms with Crippen LogP contribution in [0.2, 0.25) is 0 Å². The summed E-state index contributed by atoms with van der Waals surface area (Å²) in [5.74, 6) is 0.376. The molecule has 0 aromatic heterocycles. The highest BCUT2D eigenvalue weighted by Gasteiger charge is 2.24. The van der Waals surface area contributed by atoms with E-state index in [1.54, 1.807) is 0 Å². The summed E-state index contributed by atoms with van der Waals surface area (Å²) in [4.78, 5) is 0. The lowest BCUT2D eigenvalue weighted by atomic mass is 9.94. The highest BCUT2D eigenvalue weighted by molar-refractivity contribution is 5.25. The summed E-state index contributed by atoms with van der Waals surface area (Å²) in [6.07, 6.45) is 6.03. The van der Waals surface area contributed by atoms with E-state index in [4.69, 9.17) is 0 Å². The van der Waals surface area contributed by atoms with Gasteiger partial charge >= 0.3 is 0 Å². The van der Waals surface area contributed by atoms with Gasteiger partial charge < -0.3 is 15.5 Å². The second-order valence-electron chi connectivity index (χ2n) is 5.98. The molecule has 1 aliphatic rings. The molecule has 1 fully saturated rings. The van der Waals surface area contributed by atoms with Crippen LogP contribution < -0.4 is 5.32 Å². The average Bonchev–Trinajstić information content (AvgIpc) is 2.72. The molecule has 0 spiro atoms. The molecule has 0 aliphatic heterocycles. The van der Waals surface area contributed by atoms with Crippen molar-refractivity contribution in [2.75, 3.05) is 6.61 Å². The largest absolute Gasteiger partial charge is 0.396 e. The molecule has 3 N–H and O–H groups in total. The Kier molecular flexibility index (Phi) is 6.02. The molecule has 0 heterocycles. The lowest BCUT2D eigenvalue weighted by Gasteiger charge is -2.28. The predicted octanol–water partition coefficient (Wildman–Crippen LogP) is 2.77. The normalized spacial score (nSPS) is 25.1. The van der Waals surface area contributed by atoms with Gasteiger partial charge in [0.2, 0.25) is 0 Å². The van der Waals surface area contributed by atoms with Gasteiger partial charge in [-0.2, -0.15) is 0 Å². The topological polar surface area (TPSA) is 52.5 Å². The van der Waals surface area contributed by atoms with Gasteiger partial charge in [0.25, 0.3) is 0 Å². The van der Waals surface area contributed by atoms with Crippen molar-refractivity contribution in [1.82, 2.24) is 5.32 Å². The van der Waals surface area contributed by atoms with Crippen molar-refractivity contribution in [3.8, 4) is 0 Å². The van der Waals surface area contributed by atoms with Gasteiger partial charge in [-0.1, -0.05) is 43.5 Å². The molecule has 1 aromatic carbocycles. The van der Waals surface area contributed by atoms with E-state index in [-0.39, 0.29) is 19.3 Å². The molecule has 3 heteroatoms. The summed E-state index contributed by atoms with van der Waals surface area (Å²) in [6.45, 7) is 2.53. The van der Waals surface area contributed by atoms with E-state index >= 15 is 0 Å². The number of rotatable bonds is 5. The fourth-order valence-electron chi connectivity index (χ4n) is 3.20. The molecule has 0 radical (unpaired) electrons. The van der Waals surface area contributed by atoms with Gasteiger partial charge in [0, 0.05) is 18.7 Å². The van der Waals surface area contributed by atoms with Gasteiger partial charge in [0.15, 0.2) is 0 Å². The van der Waals surface area contributed by atoms with E-state index in [2.05, 4.69) is 24.4 Å². The molecule has 1 aromatic rings. The Morgan fingerprint density at radius 2 is 2.00 bits per heavy atom.